The van der Waals surface area contributed by atoms with Crippen molar-refractivity contribution in [1.82, 2.24) is 0 Å². The van der Waals surface area contributed by atoms with Gasteiger partial charge in [-0.25, -0.2) is 4.79 Å². The van der Waals surface area contributed by atoms with Gasteiger partial charge < -0.3 is 10.2 Å². The van der Waals surface area contributed by atoms with Crippen LogP contribution in [0.1, 0.15) is 12.5 Å². The summed E-state index contributed by atoms with van der Waals surface area (Å²) in [5, 5.41) is 29.6. The van der Waals surface area contributed by atoms with Gasteiger partial charge >= 0.3 is 11.9 Å². The third-order valence-corrected chi connectivity index (χ3v) is 3.94. The van der Waals surface area contributed by atoms with Crippen LogP contribution in [-0.2, 0) is 15.0 Å². The highest BCUT2D eigenvalue weighted by atomic mass is 16.6. The summed E-state index contributed by atoms with van der Waals surface area (Å²) >= 11 is 0. The first-order valence-electron chi connectivity index (χ1n) is 6.41. The van der Waals surface area contributed by atoms with Crippen molar-refractivity contribution in [2.24, 2.45) is 5.92 Å². The second kappa shape index (κ2) is 5.44. The van der Waals surface area contributed by atoms with E-state index >= 15 is 0 Å². The Hall–Kier alpha value is -2.96. The number of hydrogen-bond donors (Lipinski definition) is 2. The van der Waals surface area contributed by atoms with Crippen LogP contribution in [-0.4, -0.2) is 27.1 Å². The van der Waals surface area contributed by atoms with Gasteiger partial charge in [0.1, 0.15) is 5.41 Å². The molecular weight excluding hydrogens is 290 g/mol. The Morgan fingerprint density at radius 1 is 1.23 bits per heavy atom. The molecule has 2 rings (SSSR count). The summed E-state index contributed by atoms with van der Waals surface area (Å²) in [7, 11) is 0. The van der Waals surface area contributed by atoms with Crippen LogP contribution < -0.4 is 0 Å². The third-order valence-electron chi connectivity index (χ3n) is 3.94. The maximum Gasteiger partial charge on any atom is 0.331 e. The van der Waals surface area contributed by atoms with Crippen molar-refractivity contribution < 1.29 is 24.7 Å². The van der Waals surface area contributed by atoms with E-state index in [2.05, 4.69) is 0 Å². The zero-order valence-corrected chi connectivity index (χ0v) is 11.6. The van der Waals surface area contributed by atoms with Gasteiger partial charge in [0.15, 0.2) is 0 Å². The van der Waals surface area contributed by atoms with E-state index in [1.54, 1.807) is 0 Å². The molecule has 0 saturated heterocycles. The van der Waals surface area contributed by atoms with Crippen molar-refractivity contribution in [2.45, 2.75) is 12.3 Å². The molecule has 1 aromatic carbocycles. The maximum atomic E-state index is 11.9. The summed E-state index contributed by atoms with van der Waals surface area (Å²) in [6, 6.07) is 5.11. The number of carbonyl (C=O) groups is 2. The zero-order chi connectivity index (χ0) is 16.5. The molecule has 114 valence electrons. The lowest BCUT2D eigenvalue weighted by Crippen LogP contribution is -2.43. The average Bonchev–Trinajstić information content (AvgIpc) is 2.47. The van der Waals surface area contributed by atoms with E-state index in [1.807, 2.05) is 0 Å². The summed E-state index contributed by atoms with van der Waals surface area (Å²) in [6.07, 6.45) is 4.16. The van der Waals surface area contributed by atoms with Crippen LogP contribution in [0.3, 0.4) is 0 Å². The molecule has 2 unspecified atom stereocenters. The summed E-state index contributed by atoms with van der Waals surface area (Å²) < 4.78 is 0. The Balaban J connectivity index is 2.57. The Labute approximate surface area is 125 Å². The minimum Gasteiger partial charge on any atom is -0.480 e. The van der Waals surface area contributed by atoms with Gasteiger partial charge in [0.25, 0.3) is 5.69 Å². The highest BCUT2D eigenvalue weighted by molar-refractivity contribution is 5.93. The smallest absolute Gasteiger partial charge is 0.331 e. The van der Waals surface area contributed by atoms with Crippen LogP contribution >= 0.6 is 0 Å². The Morgan fingerprint density at radius 3 is 2.27 bits per heavy atom. The number of rotatable bonds is 4. The molecule has 0 fully saturated rings. The van der Waals surface area contributed by atoms with Gasteiger partial charge in [0.2, 0.25) is 0 Å². The quantitative estimate of drug-likeness (QED) is 0.650. The van der Waals surface area contributed by atoms with Gasteiger partial charge in [-0.3, -0.25) is 14.9 Å². The minimum absolute atomic E-state index is 0.0248. The first-order valence-corrected chi connectivity index (χ1v) is 6.41. The van der Waals surface area contributed by atoms with E-state index in [0.29, 0.717) is 5.56 Å². The van der Waals surface area contributed by atoms with E-state index in [9.17, 15) is 29.9 Å². The lowest BCUT2D eigenvalue weighted by molar-refractivity contribution is -0.384. The van der Waals surface area contributed by atoms with Crippen molar-refractivity contribution in [3.8, 4) is 0 Å². The van der Waals surface area contributed by atoms with Crippen LogP contribution in [0.15, 0.2) is 48.1 Å². The summed E-state index contributed by atoms with van der Waals surface area (Å²) in [6.45, 7) is 1.51. The summed E-state index contributed by atoms with van der Waals surface area (Å²) in [5.74, 6) is -3.23. The molecule has 0 radical (unpaired) electrons. The zero-order valence-electron chi connectivity index (χ0n) is 11.6. The molecule has 7 nitrogen and oxygen atoms in total. The Morgan fingerprint density at radius 2 is 1.82 bits per heavy atom. The largest absolute Gasteiger partial charge is 0.480 e. The maximum absolute atomic E-state index is 11.9. The van der Waals surface area contributed by atoms with Gasteiger partial charge in [-0.1, -0.05) is 37.3 Å². The molecule has 7 heteroatoms. The van der Waals surface area contributed by atoms with E-state index in [4.69, 9.17) is 0 Å². The number of aliphatic carboxylic acids is 2. The normalized spacial score (nSPS) is 23.7. The number of hydrogen-bond acceptors (Lipinski definition) is 4. The van der Waals surface area contributed by atoms with Crippen LogP contribution in [0.2, 0.25) is 0 Å². The van der Waals surface area contributed by atoms with Crippen LogP contribution in [0.4, 0.5) is 5.69 Å². The van der Waals surface area contributed by atoms with Gasteiger partial charge in [-0.2, -0.15) is 0 Å². The molecule has 2 atom stereocenters. The number of carboxylic acids is 2. The van der Waals surface area contributed by atoms with Crippen molar-refractivity contribution in [3.63, 3.8) is 0 Å². The van der Waals surface area contributed by atoms with Crippen molar-refractivity contribution >= 4 is 17.6 Å². The predicted octanol–water partition coefficient (Wildman–Crippen LogP) is 2.13. The van der Waals surface area contributed by atoms with Gasteiger partial charge in [-0.05, 0) is 5.56 Å². The molecule has 1 aliphatic rings. The first-order chi connectivity index (χ1) is 10.3. The Kier molecular flexibility index (Phi) is 3.81. The lowest BCUT2D eigenvalue weighted by atomic mass is 9.66. The van der Waals surface area contributed by atoms with E-state index < -0.39 is 28.2 Å². The molecule has 0 spiro atoms. The van der Waals surface area contributed by atoms with Crippen molar-refractivity contribution in [1.29, 1.82) is 0 Å². The molecule has 2 N–H and O–H groups in total. The van der Waals surface area contributed by atoms with Gasteiger partial charge in [-0.15, -0.1) is 0 Å². The monoisotopic (exact) mass is 303 g/mol. The van der Waals surface area contributed by atoms with Crippen LogP contribution in [0, 0.1) is 16.0 Å². The Bertz CT molecular complexity index is 703. The molecule has 0 aromatic heterocycles. The average molecular weight is 303 g/mol. The second-order valence-corrected chi connectivity index (χ2v) is 4.99. The first kappa shape index (κ1) is 15.4. The molecule has 1 aromatic rings. The highest BCUT2D eigenvalue weighted by Crippen LogP contribution is 2.41. The van der Waals surface area contributed by atoms with Crippen LogP contribution in [0.25, 0.3) is 0 Å². The third kappa shape index (κ3) is 2.26. The molecule has 0 amide bonds. The molecule has 0 heterocycles. The van der Waals surface area contributed by atoms with Crippen molar-refractivity contribution in [2.75, 3.05) is 0 Å². The number of allylic oxidation sites excluding steroid dienone is 2. The molecular formula is C15H13NO6. The summed E-state index contributed by atoms with van der Waals surface area (Å²) in [5.41, 5.74) is -1.47. The van der Waals surface area contributed by atoms with Crippen LogP contribution in [0.5, 0.6) is 0 Å². The topological polar surface area (TPSA) is 118 Å². The number of nitro benzene ring substituents is 1. The second-order valence-electron chi connectivity index (χ2n) is 4.99. The van der Waals surface area contributed by atoms with E-state index in [-0.39, 0.29) is 11.3 Å². The molecule has 0 aliphatic heterocycles. The molecule has 0 saturated carbocycles. The number of nitro groups is 1. The highest BCUT2D eigenvalue weighted by Gasteiger charge is 2.47. The minimum atomic E-state index is -1.57. The SMILES string of the molecule is CC1C(C(=O)O)=CC=CC1(C(=O)O)c1ccc([N+](=O)[O-])cc1. The van der Waals surface area contributed by atoms with Gasteiger partial charge in [0, 0.05) is 23.6 Å². The predicted molar refractivity (Wildman–Crippen MR) is 76.4 cm³/mol. The fourth-order valence-electron chi connectivity index (χ4n) is 2.68. The number of carboxylic acid groups (broad SMARTS) is 2. The summed E-state index contributed by atoms with van der Waals surface area (Å²) in [4.78, 5) is 33.2. The van der Waals surface area contributed by atoms with Gasteiger partial charge in [0.05, 0.1) is 4.92 Å². The fourth-order valence-corrected chi connectivity index (χ4v) is 2.68. The number of benzene rings is 1. The van der Waals surface area contributed by atoms with E-state index in [1.165, 1.54) is 49.4 Å². The fraction of sp³-hybridized carbons (Fsp3) is 0.200. The van der Waals surface area contributed by atoms with E-state index in [0.717, 1.165) is 0 Å². The molecule has 0 bridgehead atoms. The standard InChI is InChI=1S/C15H13NO6/c1-9-12(13(17)18)3-2-8-15(9,14(19)20)10-4-6-11(7-5-10)16(21)22/h2-9H,1H3,(H,17,18)(H,19,20). The number of non-ortho nitro benzene ring substituents is 1. The van der Waals surface area contributed by atoms with Crippen molar-refractivity contribution in [3.05, 3.63) is 63.7 Å². The lowest BCUT2D eigenvalue weighted by Gasteiger charge is -2.35. The number of nitrogens with zero attached hydrogens (tertiary/aromatic N) is 1. The molecule has 22 heavy (non-hydrogen) atoms. The molecule has 1 aliphatic carbocycles.